The Kier molecular flexibility index (Phi) is 14.9. The van der Waals surface area contributed by atoms with Gasteiger partial charge < -0.3 is 36.1 Å². The number of aromatic nitrogens is 1. The lowest BCUT2D eigenvalue weighted by Crippen LogP contribution is -2.43. The molecule has 0 bridgehead atoms. The van der Waals surface area contributed by atoms with Crippen LogP contribution in [0.5, 0.6) is 5.75 Å². The summed E-state index contributed by atoms with van der Waals surface area (Å²) in [6.45, 7) is 20.3. The van der Waals surface area contributed by atoms with Crippen molar-refractivity contribution in [3.8, 4) is 5.75 Å². The summed E-state index contributed by atoms with van der Waals surface area (Å²) in [5.74, 6) is 1.71. The zero-order chi connectivity index (χ0) is 34.7. The molecule has 2 heterocycles. The number of pyridine rings is 1. The molecule has 0 radical (unpaired) electrons. The largest absolute Gasteiger partial charge is 0.495 e. The molecule has 1 saturated carbocycles. The van der Waals surface area contributed by atoms with E-state index >= 15 is 0 Å². The third-order valence-electron chi connectivity index (χ3n) is 7.42. The van der Waals surface area contributed by atoms with Gasteiger partial charge in [-0.05, 0) is 76.5 Å². The number of rotatable bonds is 5. The van der Waals surface area contributed by atoms with E-state index in [1.807, 2.05) is 27.7 Å². The smallest absolute Gasteiger partial charge is 0.407 e. The van der Waals surface area contributed by atoms with Crippen molar-refractivity contribution in [3.05, 3.63) is 52.0 Å². The topological polar surface area (TPSA) is 170 Å². The predicted molar refractivity (Wildman–Crippen MR) is 180 cm³/mol. The summed E-state index contributed by atoms with van der Waals surface area (Å²) in [6, 6.07) is 4.87. The van der Waals surface area contributed by atoms with Gasteiger partial charge in [0.05, 0.1) is 12.5 Å². The Balaban J connectivity index is 0.000000309. The van der Waals surface area contributed by atoms with Gasteiger partial charge in [0.2, 0.25) is 12.3 Å². The molecule has 1 saturated heterocycles. The lowest BCUT2D eigenvalue weighted by Gasteiger charge is -2.29. The molecule has 2 aliphatic rings. The Bertz CT molecular complexity index is 1360. The van der Waals surface area contributed by atoms with E-state index in [9.17, 15) is 19.2 Å². The highest BCUT2D eigenvalue weighted by atomic mass is 35.5. The number of nitrogens with two attached hydrogens (primary N) is 2. The lowest BCUT2D eigenvalue weighted by molar-refractivity contribution is -0.128. The average molecular weight is 650 g/mol. The molecule has 1 aliphatic heterocycles. The number of alkyl carbamates (subject to hydrolysis) is 1. The number of allylic oxidation sites excluding steroid dienone is 1. The molecule has 2 fully saturated rings. The monoisotopic (exact) mass is 649 g/mol. The average Bonchev–Trinajstić information content (AvgIpc) is 3.46. The highest BCUT2D eigenvalue weighted by Gasteiger charge is 2.33. The number of benzene rings is 1. The third kappa shape index (κ3) is 13.8. The van der Waals surface area contributed by atoms with E-state index in [-0.39, 0.29) is 29.2 Å². The summed E-state index contributed by atoms with van der Waals surface area (Å²) >= 11 is 5.79. The van der Waals surface area contributed by atoms with Crippen molar-refractivity contribution in [2.24, 2.45) is 28.7 Å². The number of nitrogens with zero attached hydrogens (tertiary/aromatic N) is 1. The van der Waals surface area contributed by atoms with Crippen LogP contribution in [-0.2, 0) is 14.3 Å². The van der Waals surface area contributed by atoms with Gasteiger partial charge in [0, 0.05) is 40.8 Å². The van der Waals surface area contributed by atoms with Gasteiger partial charge in [0.25, 0.3) is 5.56 Å². The van der Waals surface area contributed by atoms with Crippen LogP contribution in [0, 0.1) is 17.3 Å². The van der Waals surface area contributed by atoms with Gasteiger partial charge in [0.15, 0.2) is 0 Å². The molecule has 2 aromatic rings. The number of hydrogen-bond donors (Lipinski definition) is 4. The van der Waals surface area contributed by atoms with Crippen molar-refractivity contribution < 1.29 is 23.9 Å². The number of primary amides is 1. The number of hydrogen-bond acceptors (Lipinski definition) is 7. The fourth-order valence-corrected chi connectivity index (χ4v) is 4.31. The number of H-pyrrole nitrogens is 1. The minimum absolute atomic E-state index is 0.0525. The molecule has 1 aliphatic carbocycles. The number of nitrogens with one attached hydrogen (secondary N) is 2. The van der Waals surface area contributed by atoms with Gasteiger partial charge in [-0.15, -0.1) is 0 Å². The molecular weight excluding hydrogens is 598 g/mol. The van der Waals surface area contributed by atoms with Crippen LogP contribution in [0.25, 0.3) is 10.8 Å². The summed E-state index contributed by atoms with van der Waals surface area (Å²) in [5, 5.41) is 4.66. The van der Waals surface area contributed by atoms with Crippen LogP contribution in [0.15, 0.2) is 41.5 Å². The Labute approximate surface area is 272 Å². The van der Waals surface area contributed by atoms with Crippen LogP contribution in [0.3, 0.4) is 0 Å². The van der Waals surface area contributed by atoms with Crippen molar-refractivity contribution in [2.45, 2.75) is 92.3 Å². The Morgan fingerprint density at radius 2 is 1.78 bits per heavy atom. The van der Waals surface area contributed by atoms with Crippen molar-refractivity contribution in [1.82, 2.24) is 15.2 Å². The maximum Gasteiger partial charge on any atom is 0.407 e. The second kappa shape index (κ2) is 17.1. The summed E-state index contributed by atoms with van der Waals surface area (Å²) in [6.07, 6.45) is 4.73. The van der Waals surface area contributed by atoms with Crippen molar-refractivity contribution >= 4 is 40.8 Å². The number of carbonyl (C=O) groups excluding carboxylic acids is 3. The number of methoxy groups -OCH3 is 1. The van der Waals surface area contributed by atoms with Crippen molar-refractivity contribution in [2.75, 3.05) is 13.7 Å². The normalized spacial score (nSPS) is 19.2. The quantitative estimate of drug-likeness (QED) is 0.317. The Hall–Kier alpha value is -3.73. The van der Waals surface area contributed by atoms with Crippen LogP contribution in [0.2, 0.25) is 5.02 Å². The van der Waals surface area contributed by atoms with Crippen LogP contribution < -0.4 is 27.1 Å². The highest BCUT2D eigenvalue weighted by Crippen LogP contribution is 2.40. The van der Waals surface area contributed by atoms with Crippen molar-refractivity contribution in [1.29, 1.82) is 0 Å². The van der Waals surface area contributed by atoms with Crippen LogP contribution >= 0.6 is 11.6 Å². The highest BCUT2D eigenvalue weighted by molar-refractivity contribution is 6.31. The van der Waals surface area contributed by atoms with E-state index in [2.05, 4.69) is 44.6 Å². The molecule has 6 N–H and O–H groups in total. The molecule has 4 unspecified atom stereocenters. The number of carbonyl (C=O) groups is 3. The molecule has 45 heavy (non-hydrogen) atoms. The molecular formula is C33H52ClN5O6. The zero-order valence-electron chi connectivity index (χ0n) is 28.2. The van der Waals surface area contributed by atoms with Crippen molar-refractivity contribution in [3.63, 3.8) is 0 Å². The fourth-order valence-electron chi connectivity index (χ4n) is 4.14. The minimum atomic E-state index is -0.429. The molecule has 0 spiro atoms. The standard InChI is InChI=1S/C11H23NO2.C10H8ClNO2.C6H10N2O2.C6H11N/c1-8(10(2,3)4)12-9(13)14-11(5,6)7;1-14-9-5-12-10(13)8-4-6(11)2-3-7(8)9;7-6(10)5-2-1-3-8(5)4-9;1-4-3-6(4)5(2)7/h8H,1-7H3,(H,12,13);2-5H,1H3,(H,12,13);4-5H,1-3H2,(H2,7,10);4,6H,2-3,7H2,1H3. The summed E-state index contributed by atoms with van der Waals surface area (Å²) in [7, 11) is 1.56. The molecule has 12 heteroatoms. The van der Waals surface area contributed by atoms with Crippen LogP contribution in [0.1, 0.15) is 74.7 Å². The van der Waals surface area contributed by atoms with E-state index in [0.29, 0.717) is 41.5 Å². The molecule has 4 atom stereocenters. The summed E-state index contributed by atoms with van der Waals surface area (Å²) in [5.41, 5.74) is 10.7. The Morgan fingerprint density at radius 3 is 2.18 bits per heavy atom. The van der Waals surface area contributed by atoms with E-state index < -0.39 is 11.5 Å². The van der Waals surface area contributed by atoms with Crippen LogP contribution in [0.4, 0.5) is 4.79 Å². The lowest BCUT2D eigenvalue weighted by atomic mass is 9.88. The van der Waals surface area contributed by atoms with Gasteiger partial charge in [-0.25, -0.2) is 4.79 Å². The van der Waals surface area contributed by atoms with Gasteiger partial charge >= 0.3 is 6.09 Å². The first kappa shape index (κ1) is 39.3. The van der Waals surface area contributed by atoms with Gasteiger partial charge in [-0.2, -0.15) is 0 Å². The Morgan fingerprint density at radius 1 is 1.18 bits per heavy atom. The summed E-state index contributed by atoms with van der Waals surface area (Å²) < 4.78 is 10.3. The van der Waals surface area contributed by atoms with Gasteiger partial charge in [-0.3, -0.25) is 14.4 Å². The number of halogens is 1. The fraction of sp³-hybridized carbons (Fsp3) is 0.576. The van der Waals surface area contributed by atoms with E-state index in [1.54, 1.807) is 31.5 Å². The number of aromatic amines is 1. The molecule has 252 valence electrons. The molecule has 1 aromatic carbocycles. The second-order valence-electron chi connectivity index (χ2n) is 13.4. The number of ether oxygens (including phenoxy) is 2. The maximum absolute atomic E-state index is 11.4. The van der Waals surface area contributed by atoms with E-state index in [4.69, 9.17) is 32.5 Å². The first-order chi connectivity index (χ1) is 20.7. The number of amides is 3. The minimum Gasteiger partial charge on any atom is -0.495 e. The number of fused-ring (bicyclic) bond motifs is 1. The predicted octanol–water partition coefficient (Wildman–Crippen LogP) is 5.34. The molecule has 3 amide bonds. The van der Waals surface area contributed by atoms with E-state index in [0.717, 1.165) is 23.4 Å². The molecule has 11 nitrogen and oxygen atoms in total. The number of likely N-dealkylation sites (tertiary alicyclic amines) is 1. The first-order valence-corrected chi connectivity index (χ1v) is 15.4. The molecule has 1 aromatic heterocycles. The first-order valence-electron chi connectivity index (χ1n) is 15.0. The van der Waals surface area contributed by atoms with Gasteiger partial charge in [-0.1, -0.05) is 45.9 Å². The summed E-state index contributed by atoms with van der Waals surface area (Å²) in [4.78, 5) is 47.7. The molecule has 4 rings (SSSR count). The van der Waals surface area contributed by atoms with Gasteiger partial charge in [0.1, 0.15) is 17.4 Å². The maximum atomic E-state index is 11.4. The second-order valence-corrected chi connectivity index (χ2v) is 13.8. The SMILES string of the molecule is C=C(N)C1CC1C.CC(NC(=O)OC(C)(C)C)C(C)(C)C.COc1c[nH]c(=O)c2cc(Cl)ccc12.NC(=O)C1CCCN1C=O. The zero-order valence-corrected chi connectivity index (χ0v) is 28.9. The van der Waals surface area contributed by atoms with E-state index in [1.165, 1.54) is 11.3 Å². The van der Waals surface area contributed by atoms with Crippen LogP contribution in [-0.4, -0.2) is 59.6 Å². The third-order valence-corrected chi connectivity index (χ3v) is 7.66.